The van der Waals surface area contributed by atoms with Crippen molar-refractivity contribution in [3.8, 4) is 11.5 Å². The first-order valence-corrected chi connectivity index (χ1v) is 8.53. The van der Waals surface area contributed by atoms with Crippen molar-refractivity contribution in [3.05, 3.63) is 53.0 Å². The molecule has 0 aliphatic heterocycles. The number of halogens is 1. The number of rotatable bonds is 7. The van der Waals surface area contributed by atoms with E-state index in [-0.39, 0.29) is 12.1 Å². The van der Waals surface area contributed by atoms with Crippen LogP contribution < -0.4 is 20.1 Å². The summed E-state index contributed by atoms with van der Waals surface area (Å²) in [6, 6.07) is 14.6. The first-order valence-electron chi connectivity index (χ1n) is 7.73. The Kier molecular flexibility index (Phi) is 6.93. The van der Waals surface area contributed by atoms with Gasteiger partial charge in [0.25, 0.3) is 0 Å². The average molecular weight is 393 g/mol. The lowest BCUT2D eigenvalue weighted by atomic mass is 10.3. The van der Waals surface area contributed by atoms with Gasteiger partial charge in [-0.2, -0.15) is 0 Å². The van der Waals surface area contributed by atoms with E-state index in [1.54, 1.807) is 6.07 Å². The van der Waals surface area contributed by atoms with Crippen LogP contribution in [0.4, 0.5) is 10.5 Å². The zero-order valence-corrected chi connectivity index (χ0v) is 15.3. The molecule has 0 spiro atoms. The minimum atomic E-state index is -0.297. The minimum Gasteiger partial charge on any atom is -0.492 e. The van der Waals surface area contributed by atoms with E-state index < -0.39 is 0 Å². The smallest absolute Gasteiger partial charge is 0.319 e. The van der Waals surface area contributed by atoms with Crippen molar-refractivity contribution in [1.82, 2.24) is 5.32 Å². The molecular formula is C18H21BrN2O3. The molecule has 24 heavy (non-hydrogen) atoms. The summed E-state index contributed by atoms with van der Waals surface area (Å²) in [7, 11) is 0. The van der Waals surface area contributed by atoms with Crippen molar-refractivity contribution >= 4 is 27.6 Å². The lowest BCUT2D eigenvalue weighted by molar-refractivity contribution is 0.240. The Labute approximate surface area is 150 Å². The third-order valence-electron chi connectivity index (χ3n) is 2.97. The van der Waals surface area contributed by atoms with Crippen molar-refractivity contribution in [2.24, 2.45) is 0 Å². The first kappa shape index (κ1) is 18.1. The Hall–Kier alpha value is -2.21. The first-order chi connectivity index (χ1) is 11.5. The van der Waals surface area contributed by atoms with Crippen LogP contribution in [0.25, 0.3) is 0 Å². The molecule has 128 valence electrons. The molecule has 0 fully saturated rings. The quantitative estimate of drug-likeness (QED) is 0.684. The molecule has 0 aliphatic carbocycles. The lowest BCUT2D eigenvalue weighted by Gasteiger charge is -2.15. The van der Waals surface area contributed by atoms with E-state index in [0.29, 0.717) is 24.6 Å². The Balaban J connectivity index is 1.76. The van der Waals surface area contributed by atoms with E-state index in [4.69, 9.17) is 9.47 Å². The van der Waals surface area contributed by atoms with Gasteiger partial charge >= 0.3 is 6.03 Å². The van der Waals surface area contributed by atoms with Crippen LogP contribution in [0.3, 0.4) is 0 Å². The number of para-hydroxylation sites is 2. The van der Waals surface area contributed by atoms with Crippen LogP contribution in [-0.4, -0.2) is 25.3 Å². The number of hydrogen-bond donors (Lipinski definition) is 2. The summed E-state index contributed by atoms with van der Waals surface area (Å²) in [5.41, 5.74) is 0.637. The van der Waals surface area contributed by atoms with E-state index in [1.807, 2.05) is 56.3 Å². The van der Waals surface area contributed by atoms with Crippen LogP contribution >= 0.6 is 15.9 Å². The van der Waals surface area contributed by atoms with Crippen LogP contribution in [0, 0.1) is 0 Å². The van der Waals surface area contributed by atoms with Gasteiger partial charge < -0.3 is 20.1 Å². The molecule has 0 radical (unpaired) electrons. The molecule has 5 nitrogen and oxygen atoms in total. The molecule has 0 heterocycles. The van der Waals surface area contributed by atoms with Crippen LogP contribution in [0.2, 0.25) is 0 Å². The third kappa shape index (κ3) is 6.12. The minimum absolute atomic E-state index is 0.0373. The van der Waals surface area contributed by atoms with Crippen LogP contribution in [0.15, 0.2) is 53.0 Å². The maximum absolute atomic E-state index is 12.0. The van der Waals surface area contributed by atoms with Crippen molar-refractivity contribution in [3.63, 3.8) is 0 Å². The molecule has 0 bridgehead atoms. The molecule has 2 aromatic carbocycles. The number of anilines is 1. The third-order valence-corrected chi connectivity index (χ3v) is 3.50. The van der Waals surface area contributed by atoms with Gasteiger partial charge in [0.15, 0.2) is 0 Å². The van der Waals surface area contributed by atoms with E-state index in [1.165, 1.54) is 0 Å². The molecule has 0 unspecified atom stereocenters. The Morgan fingerprint density at radius 2 is 1.83 bits per heavy atom. The summed E-state index contributed by atoms with van der Waals surface area (Å²) in [5, 5.41) is 5.54. The SMILES string of the molecule is CC(C)Oc1ccccc1NC(=O)NCCOc1ccc(Br)cc1. The van der Waals surface area contributed by atoms with E-state index >= 15 is 0 Å². The number of amides is 2. The highest BCUT2D eigenvalue weighted by Gasteiger charge is 2.08. The van der Waals surface area contributed by atoms with Gasteiger partial charge in [0, 0.05) is 4.47 Å². The second-order valence-electron chi connectivity index (χ2n) is 5.35. The summed E-state index contributed by atoms with van der Waals surface area (Å²) in [4.78, 5) is 12.0. The van der Waals surface area contributed by atoms with Gasteiger partial charge in [0.1, 0.15) is 18.1 Å². The Bertz CT molecular complexity index is 660. The largest absolute Gasteiger partial charge is 0.492 e. The Morgan fingerprint density at radius 1 is 1.12 bits per heavy atom. The maximum Gasteiger partial charge on any atom is 0.319 e. The van der Waals surface area contributed by atoms with Gasteiger partial charge in [-0.25, -0.2) is 4.79 Å². The summed E-state index contributed by atoms with van der Waals surface area (Å²) < 4.78 is 12.2. The maximum atomic E-state index is 12.0. The van der Waals surface area contributed by atoms with Crippen molar-refractivity contribution in [2.75, 3.05) is 18.5 Å². The predicted molar refractivity (Wildman–Crippen MR) is 98.9 cm³/mol. The zero-order chi connectivity index (χ0) is 17.4. The highest BCUT2D eigenvalue weighted by atomic mass is 79.9. The number of carbonyl (C=O) groups is 1. The highest BCUT2D eigenvalue weighted by molar-refractivity contribution is 9.10. The summed E-state index contributed by atoms with van der Waals surface area (Å²) in [6.07, 6.45) is 0.0373. The fourth-order valence-corrected chi connectivity index (χ4v) is 2.22. The molecule has 2 aromatic rings. The predicted octanol–water partition coefficient (Wildman–Crippen LogP) is 4.44. The second-order valence-corrected chi connectivity index (χ2v) is 6.26. The zero-order valence-electron chi connectivity index (χ0n) is 13.7. The van der Waals surface area contributed by atoms with Gasteiger partial charge in [-0.3, -0.25) is 0 Å². The van der Waals surface area contributed by atoms with Gasteiger partial charge in [-0.15, -0.1) is 0 Å². The summed E-state index contributed by atoms with van der Waals surface area (Å²) >= 11 is 3.37. The monoisotopic (exact) mass is 392 g/mol. The standard InChI is InChI=1S/C18H21BrN2O3/c1-13(2)24-17-6-4-3-5-16(17)21-18(22)20-11-12-23-15-9-7-14(19)8-10-15/h3-10,13H,11-12H2,1-2H3,(H2,20,21,22). The summed E-state index contributed by atoms with van der Waals surface area (Å²) in [5.74, 6) is 1.41. The molecule has 0 saturated carbocycles. The van der Waals surface area contributed by atoms with E-state index in [9.17, 15) is 4.79 Å². The fourth-order valence-electron chi connectivity index (χ4n) is 1.96. The average Bonchev–Trinajstić information content (AvgIpc) is 2.55. The molecule has 0 aliphatic rings. The molecule has 0 atom stereocenters. The molecule has 6 heteroatoms. The molecule has 2 N–H and O–H groups in total. The Morgan fingerprint density at radius 3 is 2.54 bits per heavy atom. The molecular weight excluding hydrogens is 372 g/mol. The summed E-state index contributed by atoms with van der Waals surface area (Å²) in [6.45, 7) is 4.67. The van der Waals surface area contributed by atoms with Gasteiger partial charge in [0.2, 0.25) is 0 Å². The number of benzene rings is 2. The number of nitrogens with one attached hydrogen (secondary N) is 2. The van der Waals surface area contributed by atoms with Gasteiger partial charge in [-0.1, -0.05) is 28.1 Å². The highest BCUT2D eigenvalue weighted by Crippen LogP contribution is 2.24. The molecule has 0 aromatic heterocycles. The fraction of sp³-hybridized carbons (Fsp3) is 0.278. The lowest BCUT2D eigenvalue weighted by Crippen LogP contribution is -2.32. The molecule has 0 saturated heterocycles. The van der Waals surface area contributed by atoms with Crippen molar-refractivity contribution < 1.29 is 14.3 Å². The topological polar surface area (TPSA) is 59.6 Å². The van der Waals surface area contributed by atoms with Gasteiger partial charge in [0.05, 0.1) is 18.3 Å². The van der Waals surface area contributed by atoms with Crippen LogP contribution in [0.5, 0.6) is 11.5 Å². The van der Waals surface area contributed by atoms with Crippen molar-refractivity contribution in [2.45, 2.75) is 20.0 Å². The van der Waals surface area contributed by atoms with E-state index in [2.05, 4.69) is 26.6 Å². The van der Waals surface area contributed by atoms with Gasteiger partial charge in [-0.05, 0) is 50.2 Å². The number of ether oxygens (including phenoxy) is 2. The number of hydrogen-bond acceptors (Lipinski definition) is 3. The van der Waals surface area contributed by atoms with Crippen molar-refractivity contribution in [1.29, 1.82) is 0 Å². The number of carbonyl (C=O) groups excluding carboxylic acids is 1. The molecule has 2 rings (SSSR count). The molecule has 2 amide bonds. The van der Waals surface area contributed by atoms with E-state index in [0.717, 1.165) is 10.2 Å². The second kappa shape index (κ2) is 9.17. The number of urea groups is 1. The van der Waals surface area contributed by atoms with Crippen LogP contribution in [-0.2, 0) is 0 Å². The van der Waals surface area contributed by atoms with Crippen LogP contribution in [0.1, 0.15) is 13.8 Å². The normalized spacial score (nSPS) is 10.3.